The zero-order valence-corrected chi connectivity index (χ0v) is 17.6. The number of carbonyl (C=O) groups excluding carboxylic acids is 1. The van der Waals surface area contributed by atoms with Gasteiger partial charge in [0.15, 0.2) is 0 Å². The number of aromatic amines is 1. The summed E-state index contributed by atoms with van der Waals surface area (Å²) in [6.45, 7) is 4.02. The number of hydrogen-bond acceptors (Lipinski definition) is 5. The number of fused-ring (bicyclic) bond motifs is 3. The van der Waals surface area contributed by atoms with Crippen molar-refractivity contribution in [2.45, 2.75) is 38.0 Å². The molecule has 4 rings (SSSR count). The van der Waals surface area contributed by atoms with Crippen LogP contribution in [0.4, 0.5) is 5.69 Å². The lowest BCUT2D eigenvalue weighted by Gasteiger charge is -2.31. The summed E-state index contributed by atoms with van der Waals surface area (Å²) in [5.74, 6) is 0.0266. The number of para-hydroxylation sites is 1. The summed E-state index contributed by atoms with van der Waals surface area (Å²) in [6, 6.07) is 9.60. The normalized spacial score (nSPS) is 15.2. The number of carbonyl (C=O) groups is 1. The fourth-order valence-electron chi connectivity index (χ4n) is 3.56. The van der Waals surface area contributed by atoms with Crippen LogP contribution in [0.25, 0.3) is 11.3 Å². The molecule has 0 radical (unpaired) electrons. The minimum atomic E-state index is -0.475. The van der Waals surface area contributed by atoms with E-state index in [4.69, 9.17) is 5.10 Å². The van der Waals surface area contributed by atoms with Crippen molar-refractivity contribution in [3.05, 3.63) is 56.5 Å². The van der Waals surface area contributed by atoms with Crippen molar-refractivity contribution in [1.82, 2.24) is 10.1 Å². The van der Waals surface area contributed by atoms with Crippen LogP contribution in [0.15, 0.2) is 45.7 Å². The molecule has 1 atom stereocenters. The van der Waals surface area contributed by atoms with Crippen molar-refractivity contribution >= 4 is 34.7 Å². The van der Waals surface area contributed by atoms with Crippen molar-refractivity contribution < 1.29 is 9.48 Å². The SMILES string of the molecule is CCCC(=O)N1c2ccccc2-c2c(=O)[nH]c(SC)n[n+]2[C@@H]1c1sccc1C. The Morgan fingerprint density at radius 2 is 2.14 bits per heavy atom. The third-order valence-electron chi connectivity index (χ3n) is 4.82. The van der Waals surface area contributed by atoms with Crippen LogP contribution in [0.3, 0.4) is 0 Å². The predicted octanol–water partition coefficient (Wildman–Crippen LogP) is 3.51. The number of amides is 1. The Morgan fingerprint density at radius 1 is 1.36 bits per heavy atom. The maximum Gasteiger partial charge on any atom is 0.325 e. The first-order valence-corrected chi connectivity index (χ1v) is 11.2. The van der Waals surface area contributed by atoms with E-state index in [1.807, 2.05) is 55.8 Å². The molecule has 1 aromatic carbocycles. The van der Waals surface area contributed by atoms with Gasteiger partial charge in [0, 0.05) is 11.5 Å². The number of aromatic nitrogens is 3. The van der Waals surface area contributed by atoms with E-state index < -0.39 is 6.17 Å². The van der Waals surface area contributed by atoms with Crippen molar-refractivity contribution in [1.29, 1.82) is 0 Å². The summed E-state index contributed by atoms with van der Waals surface area (Å²) in [6.07, 6.45) is 2.58. The number of H-pyrrole nitrogens is 1. The third kappa shape index (κ3) is 2.97. The summed E-state index contributed by atoms with van der Waals surface area (Å²) >= 11 is 2.95. The van der Waals surface area contributed by atoms with Crippen LogP contribution in [-0.2, 0) is 4.79 Å². The molecule has 8 heteroatoms. The summed E-state index contributed by atoms with van der Waals surface area (Å²) in [5.41, 5.74) is 2.83. The Balaban J connectivity index is 2.07. The quantitative estimate of drug-likeness (QED) is 0.525. The van der Waals surface area contributed by atoms with E-state index in [0.29, 0.717) is 17.3 Å². The smallest absolute Gasteiger partial charge is 0.291 e. The van der Waals surface area contributed by atoms with Crippen molar-refractivity contribution in [2.75, 3.05) is 11.2 Å². The molecule has 6 nitrogen and oxygen atoms in total. The highest BCUT2D eigenvalue weighted by molar-refractivity contribution is 7.98. The highest BCUT2D eigenvalue weighted by atomic mass is 32.2. The molecule has 0 bridgehead atoms. The Kier molecular flexibility index (Phi) is 5.07. The van der Waals surface area contributed by atoms with Crippen LogP contribution in [0, 0.1) is 6.92 Å². The van der Waals surface area contributed by atoms with Gasteiger partial charge in [-0.2, -0.15) is 0 Å². The summed E-state index contributed by atoms with van der Waals surface area (Å²) in [4.78, 5) is 31.9. The van der Waals surface area contributed by atoms with Crippen LogP contribution in [0.5, 0.6) is 0 Å². The Labute approximate surface area is 171 Å². The summed E-state index contributed by atoms with van der Waals surface area (Å²) < 4.78 is 1.72. The number of anilines is 1. The number of thiophene rings is 1. The van der Waals surface area contributed by atoms with Crippen LogP contribution in [-0.4, -0.2) is 22.2 Å². The highest BCUT2D eigenvalue weighted by Crippen LogP contribution is 2.39. The minimum absolute atomic E-state index is 0.0266. The van der Waals surface area contributed by atoms with Gasteiger partial charge in [-0.25, -0.2) is 4.90 Å². The van der Waals surface area contributed by atoms with Gasteiger partial charge in [-0.3, -0.25) is 14.6 Å². The summed E-state index contributed by atoms with van der Waals surface area (Å²) in [7, 11) is 0. The topological polar surface area (TPSA) is 69.9 Å². The first-order chi connectivity index (χ1) is 13.6. The van der Waals surface area contributed by atoms with Gasteiger partial charge >= 0.3 is 17.4 Å². The van der Waals surface area contributed by atoms with Gasteiger partial charge in [-0.15, -0.1) is 11.3 Å². The molecule has 2 aromatic heterocycles. The van der Waals surface area contributed by atoms with Crippen LogP contribution < -0.4 is 15.1 Å². The molecule has 1 amide bonds. The van der Waals surface area contributed by atoms with E-state index in [0.717, 1.165) is 28.1 Å². The van der Waals surface area contributed by atoms with E-state index in [9.17, 15) is 9.59 Å². The molecule has 144 valence electrons. The Morgan fingerprint density at radius 3 is 2.82 bits per heavy atom. The first kappa shape index (κ1) is 18.9. The molecular weight excluding hydrogens is 392 g/mol. The molecule has 1 aliphatic rings. The van der Waals surface area contributed by atoms with Crippen molar-refractivity contribution in [3.63, 3.8) is 0 Å². The van der Waals surface area contributed by atoms with E-state index in [1.54, 1.807) is 20.9 Å². The number of nitrogens with one attached hydrogen (secondary N) is 1. The number of thioether (sulfide) groups is 1. The lowest BCUT2D eigenvalue weighted by molar-refractivity contribution is -0.762. The molecule has 28 heavy (non-hydrogen) atoms. The standard InChI is InChI=1S/C20H20N4O2S2/c1-4-7-15(25)23-14-9-6-5-8-13(14)16-18(26)21-20(27-3)22-24(16)19(23)17-12(2)10-11-28-17/h5-6,8-11,19H,4,7H2,1-3H3/p+1/t19-/m1/s1. The Hall–Kier alpha value is -2.45. The molecule has 3 heterocycles. The van der Waals surface area contributed by atoms with E-state index in [-0.39, 0.29) is 11.5 Å². The van der Waals surface area contributed by atoms with Crippen LogP contribution >= 0.6 is 23.1 Å². The highest BCUT2D eigenvalue weighted by Gasteiger charge is 2.46. The maximum atomic E-state index is 13.2. The molecule has 1 N–H and O–H groups in total. The number of nitrogens with zero attached hydrogens (tertiary/aromatic N) is 3. The van der Waals surface area contributed by atoms with Crippen LogP contribution in [0.2, 0.25) is 0 Å². The van der Waals surface area contributed by atoms with Gasteiger partial charge in [-0.1, -0.05) is 30.8 Å². The first-order valence-electron chi connectivity index (χ1n) is 9.12. The lowest BCUT2D eigenvalue weighted by Crippen LogP contribution is -2.60. The van der Waals surface area contributed by atoms with Gasteiger partial charge in [0.2, 0.25) is 11.1 Å². The molecule has 0 aliphatic carbocycles. The predicted molar refractivity (Wildman–Crippen MR) is 112 cm³/mol. The fourth-order valence-corrected chi connectivity index (χ4v) is 4.92. The minimum Gasteiger partial charge on any atom is -0.291 e. The molecule has 3 aromatic rings. The number of benzene rings is 1. The molecular formula is C20H21N4O2S2+. The van der Waals surface area contributed by atoms with Crippen LogP contribution in [0.1, 0.15) is 36.4 Å². The second kappa shape index (κ2) is 7.52. The molecule has 0 spiro atoms. The van der Waals surface area contributed by atoms with Crippen molar-refractivity contribution in [3.8, 4) is 11.3 Å². The van der Waals surface area contributed by atoms with E-state index >= 15 is 0 Å². The zero-order chi connectivity index (χ0) is 19.8. The lowest BCUT2D eigenvalue weighted by atomic mass is 10.0. The average Bonchev–Trinajstić information content (AvgIpc) is 3.12. The zero-order valence-electron chi connectivity index (χ0n) is 15.9. The van der Waals surface area contributed by atoms with Gasteiger partial charge in [0.25, 0.3) is 0 Å². The van der Waals surface area contributed by atoms with Gasteiger partial charge in [0.05, 0.1) is 11.3 Å². The largest absolute Gasteiger partial charge is 0.325 e. The van der Waals surface area contributed by atoms with Gasteiger partial charge < -0.3 is 0 Å². The molecule has 1 aliphatic heterocycles. The Bertz CT molecular complexity index is 1110. The summed E-state index contributed by atoms with van der Waals surface area (Å²) in [5, 5.41) is 7.23. The molecule has 0 saturated heterocycles. The molecule has 0 fully saturated rings. The third-order valence-corrected chi connectivity index (χ3v) is 6.45. The monoisotopic (exact) mass is 413 g/mol. The second-order valence-corrected chi connectivity index (χ2v) is 8.37. The maximum absolute atomic E-state index is 13.2. The molecule has 0 saturated carbocycles. The van der Waals surface area contributed by atoms with Gasteiger partial charge in [-0.05, 0) is 53.4 Å². The second-order valence-electron chi connectivity index (χ2n) is 6.63. The number of rotatable bonds is 4. The van der Waals surface area contributed by atoms with Crippen molar-refractivity contribution in [2.24, 2.45) is 0 Å². The number of hydrogen-bond donors (Lipinski definition) is 1. The fraction of sp³-hybridized carbons (Fsp3) is 0.300. The van der Waals surface area contributed by atoms with E-state index in [2.05, 4.69) is 4.98 Å². The average molecular weight is 414 g/mol. The van der Waals surface area contributed by atoms with Gasteiger partial charge in [0.1, 0.15) is 4.88 Å². The number of aryl methyl sites for hydroxylation is 1. The molecule has 0 unspecified atom stereocenters. The van der Waals surface area contributed by atoms with E-state index in [1.165, 1.54) is 11.8 Å².